The van der Waals surface area contributed by atoms with Gasteiger partial charge < -0.3 is 9.84 Å². The van der Waals surface area contributed by atoms with E-state index in [1.54, 1.807) is 0 Å². The highest BCUT2D eigenvalue weighted by molar-refractivity contribution is 5.75. The van der Waals surface area contributed by atoms with Gasteiger partial charge in [0.05, 0.1) is 18.3 Å². The summed E-state index contributed by atoms with van der Waals surface area (Å²) in [4.78, 5) is 12.4. The number of nitriles is 1. The van der Waals surface area contributed by atoms with E-state index < -0.39 is 11.5 Å². The molecular formula is C24H37NO3. The first-order valence-electron chi connectivity index (χ1n) is 11.6. The number of esters is 1. The summed E-state index contributed by atoms with van der Waals surface area (Å²) >= 11 is 0. The molecule has 0 amide bonds. The molecule has 0 aromatic heterocycles. The number of aliphatic hydroxyl groups is 1. The molecule has 9 atom stereocenters. The lowest BCUT2D eigenvalue weighted by atomic mass is 9.48. The van der Waals surface area contributed by atoms with Gasteiger partial charge in [-0.3, -0.25) is 4.79 Å². The van der Waals surface area contributed by atoms with E-state index in [1.807, 2.05) is 13.8 Å². The summed E-state index contributed by atoms with van der Waals surface area (Å²) < 4.78 is 5.24. The minimum absolute atomic E-state index is 0.0985. The van der Waals surface area contributed by atoms with Gasteiger partial charge in [-0.05, 0) is 113 Å². The Bertz CT molecular complexity index is 653. The first-order chi connectivity index (χ1) is 13.3. The number of ether oxygens (including phenoxy) is 1. The molecular weight excluding hydrogens is 350 g/mol. The van der Waals surface area contributed by atoms with Crippen molar-refractivity contribution in [2.75, 3.05) is 6.61 Å². The fraction of sp³-hybridized carbons (Fsp3) is 0.917. The van der Waals surface area contributed by atoms with Crippen molar-refractivity contribution < 1.29 is 14.6 Å². The van der Waals surface area contributed by atoms with Crippen LogP contribution in [0.2, 0.25) is 0 Å². The molecule has 4 nitrogen and oxygen atoms in total. The summed E-state index contributed by atoms with van der Waals surface area (Å²) in [5, 5.41) is 20.3. The van der Waals surface area contributed by atoms with Crippen LogP contribution < -0.4 is 0 Å². The predicted molar refractivity (Wildman–Crippen MR) is 107 cm³/mol. The average Bonchev–Trinajstić information content (AvgIpc) is 2.99. The van der Waals surface area contributed by atoms with E-state index in [9.17, 15) is 15.2 Å². The van der Waals surface area contributed by atoms with E-state index in [4.69, 9.17) is 4.74 Å². The lowest BCUT2D eigenvalue weighted by Gasteiger charge is -2.57. The Morgan fingerprint density at radius 1 is 1.11 bits per heavy atom. The van der Waals surface area contributed by atoms with E-state index in [1.165, 1.54) is 25.7 Å². The highest BCUT2D eigenvalue weighted by Crippen LogP contribution is 2.65. The molecule has 4 saturated carbocycles. The third-order valence-corrected chi connectivity index (χ3v) is 9.39. The van der Waals surface area contributed by atoms with Gasteiger partial charge in [0.25, 0.3) is 0 Å². The van der Waals surface area contributed by atoms with Gasteiger partial charge in [-0.15, -0.1) is 0 Å². The molecule has 156 valence electrons. The zero-order valence-electron chi connectivity index (χ0n) is 17.8. The molecule has 4 heteroatoms. The molecule has 4 fully saturated rings. The van der Waals surface area contributed by atoms with Gasteiger partial charge >= 0.3 is 5.97 Å². The fourth-order valence-electron chi connectivity index (χ4n) is 8.21. The maximum absolute atomic E-state index is 12.4. The van der Waals surface area contributed by atoms with E-state index >= 15 is 0 Å². The average molecular weight is 388 g/mol. The predicted octanol–water partition coefficient (Wildman–Crippen LogP) is 4.71. The van der Waals surface area contributed by atoms with Crippen molar-refractivity contribution in [3.8, 4) is 6.07 Å². The molecule has 4 aliphatic rings. The first kappa shape index (κ1) is 20.2. The number of nitrogens with zero attached hydrogens (tertiary/aromatic N) is 1. The van der Waals surface area contributed by atoms with Crippen LogP contribution in [0.3, 0.4) is 0 Å². The summed E-state index contributed by atoms with van der Waals surface area (Å²) in [6.07, 6.45) is 10.1. The number of hydrogen-bond acceptors (Lipinski definition) is 4. The van der Waals surface area contributed by atoms with Crippen molar-refractivity contribution in [2.24, 2.45) is 46.8 Å². The Morgan fingerprint density at radius 2 is 1.86 bits per heavy atom. The number of rotatable bonds is 3. The van der Waals surface area contributed by atoms with Crippen LogP contribution in [0, 0.1) is 58.2 Å². The molecule has 0 aromatic rings. The Labute approximate surface area is 170 Å². The lowest BCUT2D eigenvalue weighted by molar-refractivity contribution is -0.150. The molecule has 0 aliphatic heterocycles. The summed E-state index contributed by atoms with van der Waals surface area (Å²) in [5.74, 6) is 2.88. The van der Waals surface area contributed by atoms with Gasteiger partial charge in [0, 0.05) is 0 Å². The summed E-state index contributed by atoms with van der Waals surface area (Å²) in [5.41, 5.74) is -0.364. The third kappa shape index (κ3) is 3.18. The van der Waals surface area contributed by atoms with Crippen molar-refractivity contribution in [2.45, 2.75) is 84.2 Å². The minimum atomic E-state index is -0.604. The van der Waals surface area contributed by atoms with Gasteiger partial charge in [-0.2, -0.15) is 5.26 Å². The quantitative estimate of drug-likeness (QED) is 0.712. The van der Waals surface area contributed by atoms with Gasteiger partial charge in [0.1, 0.15) is 5.92 Å². The van der Waals surface area contributed by atoms with Crippen LogP contribution in [-0.4, -0.2) is 23.3 Å². The SMILES string of the molecule is CCOC(=O)C(C#N)[C@H]1CC[C@H]2[C@@H]3CC[C@@H]4C[C@](C)(O)CC[C@@H]4[C@H]3CC[C@]12C. The van der Waals surface area contributed by atoms with Gasteiger partial charge in [0.15, 0.2) is 0 Å². The molecule has 4 aliphatic carbocycles. The van der Waals surface area contributed by atoms with E-state index in [2.05, 4.69) is 13.0 Å². The second-order valence-corrected chi connectivity index (χ2v) is 10.8. The fourth-order valence-corrected chi connectivity index (χ4v) is 8.21. The van der Waals surface area contributed by atoms with Crippen LogP contribution in [-0.2, 0) is 9.53 Å². The third-order valence-electron chi connectivity index (χ3n) is 9.39. The standard InChI is InChI=1S/C24H37NO3/c1-4-28-22(26)19(14-25)21-8-7-20-18-6-5-15-13-23(2,27)11-9-16(15)17(18)10-12-24(20,21)3/h15-21,27H,4-13H2,1-3H3/t15-,16+,17-,18-,19?,20+,21-,23-,24+/m1/s1. The molecule has 0 heterocycles. The van der Waals surface area contributed by atoms with Crippen molar-refractivity contribution >= 4 is 5.97 Å². The molecule has 0 radical (unpaired) electrons. The molecule has 0 saturated heterocycles. The second kappa shape index (κ2) is 7.31. The van der Waals surface area contributed by atoms with Crippen molar-refractivity contribution in [3.05, 3.63) is 0 Å². The number of fused-ring (bicyclic) bond motifs is 5. The Kier molecular flexibility index (Phi) is 5.28. The smallest absolute Gasteiger partial charge is 0.323 e. The number of hydrogen-bond donors (Lipinski definition) is 1. The van der Waals surface area contributed by atoms with E-state index in [-0.39, 0.29) is 17.3 Å². The van der Waals surface area contributed by atoms with Crippen LogP contribution in [0.25, 0.3) is 0 Å². The van der Waals surface area contributed by atoms with E-state index in [0.29, 0.717) is 18.4 Å². The van der Waals surface area contributed by atoms with Crippen LogP contribution in [0.15, 0.2) is 0 Å². The topological polar surface area (TPSA) is 70.3 Å². The number of carbonyl (C=O) groups is 1. The van der Waals surface area contributed by atoms with Crippen LogP contribution >= 0.6 is 0 Å². The first-order valence-corrected chi connectivity index (χ1v) is 11.6. The van der Waals surface area contributed by atoms with Crippen LogP contribution in [0.4, 0.5) is 0 Å². The zero-order chi connectivity index (χ0) is 20.1. The van der Waals surface area contributed by atoms with E-state index in [0.717, 1.165) is 49.9 Å². The monoisotopic (exact) mass is 387 g/mol. The molecule has 0 aromatic carbocycles. The Balaban J connectivity index is 1.53. The summed E-state index contributed by atoms with van der Waals surface area (Å²) in [6.45, 7) is 6.55. The van der Waals surface area contributed by atoms with Gasteiger partial charge in [-0.1, -0.05) is 6.92 Å². The molecule has 0 bridgehead atoms. The van der Waals surface area contributed by atoms with Gasteiger partial charge in [0.2, 0.25) is 0 Å². The highest BCUT2D eigenvalue weighted by Gasteiger charge is 2.59. The Morgan fingerprint density at radius 3 is 2.57 bits per heavy atom. The molecule has 28 heavy (non-hydrogen) atoms. The largest absolute Gasteiger partial charge is 0.465 e. The molecule has 0 spiro atoms. The maximum Gasteiger partial charge on any atom is 0.323 e. The van der Waals surface area contributed by atoms with Crippen LogP contribution in [0.1, 0.15) is 78.6 Å². The summed E-state index contributed by atoms with van der Waals surface area (Å²) in [6, 6.07) is 2.31. The zero-order valence-corrected chi connectivity index (χ0v) is 17.8. The highest BCUT2D eigenvalue weighted by atomic mass is 16.5. The Hall–Kier alpha value is -1.08. The lowest BCUT2D eigenvalue weighted by Crippen LogP contribution is -2.51. The minimum Gasteiger partial charge on any atom is -0.465 e. The van der Waals surface area contributed by atoms with Crippen molar-refractivity contribution in [1.29, 1.82) is 5.26 Å². The van der Waals surface area contributed by atoms with Crippen molar-refractivity contribution in [3.63, 3.8) is 0 Å². The maximum atomic E-state index is 12.4. The van der Waals surface area contributed by atoms with Crippen LogP contribution in [0.5, 0.6) is 0 Å². The second-order valence-electron chi connectivity index (χ2n) is 10.8. The number of carbonyl (C=O) groups excluding carboxylic acids is 1. The van der Waals surface area contributed by atoms with Gasteiger partial charge in [-0.25, -0.2) is 0 Å². The molecule has 1 unspecified atom stereocenters. The molecule has 4 rings (SSSR count). The van der Waals surface area contributed by atoms with Crippen molar-refractivity contribution in [1.82, 2.24) is 0 Å². The normalized spacial score (nSPS) is 48.5. The summed E-state index contributed by atoms with van der Waals surface area (Å²) in [7, 11) is 0. The molecule has 1 N–H and O–H groups in total.